The minimum absolute atomic E-state index is 0.0905. The Balaban J connectivity index is 0.00000167. The number of aliphatic imine (C=N–C) groups is 1. The Morgan fingerprint density at radius 1 is 1.06 bits per heavy atom. The van der Waals surface area contributed by atoms with Gasteiger partial charge in [-0.15, -0.1) is 0 Å². The average Bonchev–Trinajstić information content (AvgIpc) is 3.75. The Kier molecular flexibility index (Phi) is 13.6. The summed E-state index contributed by atoms with van der Waals surface area (Å²) in [6.07, 6.45) is 11.0. The van der Waals surface area contributed by atoms with Gasteiger partial charge in [-0.3, -0.25) is 9.79 Å². The van der Waals surface area contributed by atoms with Gasteiger partial charge in [0.2, 0.25) is 5.91 Å². The third-order valence-corrected chi connectivity index (χ3v) is 9.61. The summed E-state index contributed by atoms with van der Waals surface area (Å²) in [5.74, 6) is 0.536. The number of hydrogen-bond donors (Lipinski definition) is 2. The Hall–Kier alpha value is -3.72. The Labute approximate surface area is 294 Å². The van der Waals surface area contributed by atoms with Crippen molar-refractivity contribution in [1.82, 2.24) is 20.2 Å². The highest BCUT2D eigenvalue weighted by molar-refractivity contribution is 9.11. The molecule has 48 heavy (non-hydrogen) atoms. The third-order valence-electron chi connectivity index (χ3n) is 9.14. The lowest BCUT2D eigenvalue weighted by atomic mass is 9.87. The van der Waals surface area contributed by atoms with Crippen LogP contribution >= 0.6 is 15.9 Å². The number of fused-ring (bicyclic) bond motifs is 1. The molecule has 2 amide bonds. The number of alkyl carbamates (subject to hydrolysis) is 1. The number of aromatic nitrogens is 2. The molecule has 2 unspecified atom stereocenters. The number of nitrogens with one attached hydrogen (secondary N) is 2. The van der Waals surface area contributed by atoms with Crippen LogP contribution in [0.15, 0.2) is 63.2 Å². The first-order chi connectivity index (χ1) is 23.2. The molecule has 0 radical (unpaired) electrons. The molecule has 3 aromatic rings. The van der Waals surface area contributed by atoms with Gasteiger partial charge in [-0.25, -0.2) is 9.78 Å². The summed E-state index contributed by atoms with van der Waals surface area (Å²) in [7, 11) is 1.30. The lowest BCUT2D eigenvalue weighted by molar-refractivity contribution is -0.135. The highest BCUT2D eigenvalue weighted by Gasteiger charge is 2.37. The number of carbonyl (C=O) groups excluding carboxylic acids is 2. The van der Waals surface area contributed by atoms with E-state index in [1.807, 2.05) is 24.9 Å². The van der Waals surface area contributed by atoms with Gasteiger partial charge >= 0.3 is 6.09 Å². The number of hydrogen-bond acceptors (Lipinski definition) is 5. The van der Waals surface area contributed by atoms with Crippen molar-refractivity contribution in [3.63, 3.8) is 0 Å². The van der Waals surface area contributed by atoms with Gasteiger partial charge in [-0.1, -0.05) is 99.3 Å². The summed E-state index contributed by atoms with van der Waals surface area (Å²) in [6, 6.07) is 11.8. The van der Waals surface area contributed by atoms with E-state index in [2.05, 4.69) is 95.1 Å². The number of carbonyl (C=O) groups is 2. The molecule has 0 bridgehead atoms. The number of rotatable bonds is 7. The fourth-order valence-electron chi connectivity index (χ4n) is 6.82. The zero-order valence-corrected chi connectivity index (χ0v) is 31.1. The van der Waals surface area contributed by atoms with Gasteiger partial charge in [0.15, 0.2) is 0 Å². The first-order valence-electron chi connectivity index (χ1n) is 17.4. The fourth-order valence-corrected chi connectivity index (χ4v) is 7.26. The van der Waals surface area contributed by atoms with E-state index < -0.39 is 12.1 Å². The maximum absolute atomic E-state index is 13.6. The number of methoxy groups -OCH3 is 1. The molecule has 1 aromatic heterocycles. The van der Waals surface area contributed by atoms with Crippen LogP contribution in [0.5, 0.6) is 0 Å². The highest BCUT2D eigenvalue weighted by atomic mass is 79.9. The molecule has 1 aliphatic carbocycles. The first-order valence-corrected chi connectivity index (χ1v) is 18.2. The lowest BCUT2D eigenvalue weighted by Gasteiger charge is -2.30. The van der Waals surface area contributed by atoms with Gasteiger partial charge in [0, 0.05) is 17.7 Å². The summed E-state index contributed by atoms with van der Waals surface area (Å²) in [6.45, 7) is 14.9. The van der Waals surface area contributed by atoms with E-state index >= 15 is 0 Å². The van der Waals surface area contributed by atoms with Crippen molar-refractivity contribution < 1.29 is 14.3 Å². The molecule has 2 atom stereocenters. The third kappa shape index (κ3) is 8.46. The second-order valence-corrected chi connectivity index (χ2v) is 14.2. The van der Waals surface area contributed by atoms with Crippen LogP contribution in [-0.2, 0) is 9.53 Å². The maximum atomic E-state index is 13.6. The van der Waals surface area contributed by atoms with Crippen LogP contribution in [-0.4, -0.2) is 53.3 Å². The maximum Gasteiger partial charge on any atom is 0.407 e. The topological polar surface area (TPSA) is 99.7 Å². The Morgan fingerprint density at radius 2 is 1.73 bits per heavy atom. The fraction of sp³-hybridized carbons (Fsp3) is 0.487. The number of H-pyrrole nitrogens is 1. The van der Waals surface area contributed by atoms with Gasteiger partial charge in [0.25, 0.3) is 0 Å². The average molecular weight is 719 g/mol. The minimum Gasteiger partial charge on any atom is -0.453 e. The zero-order valence-electron chi connectivity index (χ0n) is 29.5. The quantitative estimate of drug-likeness (QED) is 0.238. The SMILES string of the molecule is C=N/C(=C1/CCCCCC/C1=C(/C)Br)c1ccc(-c2cnc(C3CCCN3C(=O)C(NC(=O)OC)C(C)C)[nH]2)c2ccccc12.CCC. The lowest BCUT2D eigenvalue weighted by Crippen LogP contribution is -2.51. The number of ether oxygens (including phenoxy) is 1. The van der Waals surface area contributed by atoms with Crippen LogP contribution in [0.2, 0.25) is 0 Å². The van der Waals surface area contributed by atoms with Gasteiger partial charge in [-0.05, 0) is 84.5 Å². The van der Waals surface area contributed by atoms with Crippen LogP contribution in [0.1, 0.15) is 110 Å². The predicted octanol–water partition coefficient (Wildman–Crippen LogP) is 10.1. The van der Waals surface area contributed by atoms with Crippen molar-refractivity contribution in [2.45, 2.75) is 104 Å². The molecule has 2 fully saturated rings. The molecule has 258 valence electrons. The number of allylic oxidation sites excluding steroid dienone is 3. The Morgan fingerprint density at radius 3 is 2.35 bits per heavy atom. The number of likely N-dealkylation sites (tertiary alicyclic amines) is 1. The van der Waals surface area contributed by atoms with E-state index in [4.69, 9.17) is 9.72 Å². The number of amides is 2. The molecule has 8 nitrogen and oxygen atoms in total. The predicted molar refractivity (Wildman–Crippen MR) is 201 cm³/mol. The molecule has 2 aliphatic rings. The molecular weight excluding hydrogens is 666 g/mol. The standard InChI is InChI=1S/C36H44BrN5O3.C3H8/c1-22(2)32(41-36(44)45-5)35(43)42-20-12-17-31(42)34-39-21-30(40-34)27-18-19-29(26-15-11-10-14-25(26)27)33(38-4)28-16-9-7-6-8-13-24(28)23(3)37;1-3-2/h10-11,14-15,18-19,21-22,31-32H,4,6-9,12-13,16-17,20H2,1-3,5H3,(H,39,40)(H,41,44);3H2,1-2H3/b24-23+,33-28-;. The van der Waals surface area contributed by atoms with Gasteiger partial charge in [-0.2, -0.15) is 0 Å². The molecule has 2 aromatic carbocycles. The molecular formula is C39H52BrN5O3. The van der Waals surface area contributed by atoms with E-state index in [1.165, 1.54) is 48.4 Å². The van der Waals surface area contributed by atoms with E-state index in [-0.39, 0.29) is 17.9 Å². The van der Waals surface area contributed by atoms with Gasteiger partial charge < -0.3 is 19.9 Å². The van der Waals surface area contributed by atoms with Crippen molar-refractivity contribution in [2.75, 3.05) is 13.7 Å². The molecule has 1 saturated carbocycles. The van der Waals surface area contributed by atoms with Crippen LogP contribution in [0.25, 0.3) is 27.7 Å². The van der Waals surface area contributed by atoms with Crippen molar-refractivity contribution in [2.24, 2.45) is 10.9 Å². The molecule has 0 spiro atoms. The number of aromatic amines is 1. The van der Waals surface area contributed by atoms with Crippen molar-refractivity contribution in [1.29, 1.82) is 0 Å². The molecule has 1 aliphatic heterocycles. The van der Waals surface area contributed by atoms with E-state index in [9.17, 15) is 9.59 Å². The number of nitrogens with zero attached hydrogens (tertiary/aromatic N) is 3. The zero-order chi connectivity index (χ0) is 34.8. The van der Waals surface area contributed by atoms with Crippen molar-refractivity contribution in [3.8, 4) is 11.3 Å². The number of benzene rings is 2. The van der Waals surface area contributed by atoms with Crippen LogP contribution < -0.4 is 5.32 Å². The summed E-state index contributed by atoms with van der Waals surface area (Å²) in [4.78, 5) is 40.4. The van der Waals surface area contributed by atoms with Crippen LogP contribution in [0.3, 0.4) is 0 Å². The van der Waals surface area contributed by atoms with Gasteiger partial charge in [0.05, 0.1) is 30.7 Å². The monoisotopic (exact) mass is 717 g/mol. The summed E-state index contributed by atoms with van der Waals surface area (Å²) < 4.78 is 5.95. The van der Waals surface area contributed by atoms with Crippen molar-refractivity contribution in [3.05, 3.63) is 69.6 Å². The van der Waals surface area contributed by atoms with E-state index in [0.29, 0.717) is 6.54 Å². The van der Waals surface area contributed by atoms with E-state index in [0.717, 1.165) is 71.2 Å². The number of imidazole rings is 1. The first kappa shape index (κ1) is 37.1. The second kappa shape index (κ2) is 17.6. The van der Waals surface area contributed by atoms with Gasteiger partial charge in [0.1, 0.15) is 11.9 Å². The van der Waals surface area contributed by atoms with Crippen LogP contribution in [0.4, 0.5) is 4.79 Å². The largest absolute Gasteiger partial charge is 0.453 e. The molecule has 5 rings (SSSR count). The second-order valence-electron chi connectivity index (χ2n) is 13.1. The molecule has 9 heteroatoms. The minimum atomic E-state index is -0.674. The summed E-state index contributed by atoms with van der Waals surface area (Å²) in [5.41, 5.74) is 6.60. The summed E-state index contributed by atoms with van der Waals surface area (Å²) >= 11 is 3.79. The normalized spacial score (nSPS) is 19.5. The molecule has 2 heterocycles. The summed E-state index contributed by atoms with van der Waals surface area (Å²) in [5, 5.41) is 4.93. The highest BCUT2D eigenvalue weighted by Crippen LogP contribution is 2.41. The number of halogens is 1. The van der Waals surface area contributed by atoms with Crippen molar-refractivity contribution >= 4 is 51.1 Å². The molecule has 2 N–H and O–H groups in total. The smallest absolute Gasteiger partial charge is 0.407 e. The van der Waals surface area contributed by atoms with Crippen LogP contribution in [0, 0.1) is 5.92 Å². The van der Waals surface area contributed by atoms with E-state index in [1.54, 1.807) is 0 Å². The Bertz CT molecular complexity index is 1650. The molecule has 1 saturated heterocycles.